The largest absolute Gasteiger partial charge is 0.294 e. The topological polar surface area (TPSA) is 30.0 Å². The minimum Gasteiger partial charge on any atom is -0.294 e. The van der Waals surface area contributed by atoms with Gasteiger partial charge in [0.15, 0.2) is 5.78 Å². The van der Waals surface area contributed by atoms with Crippen LogP contribution in [-0.4, -0.2) is 10.8 Å². The highest BCUT2D eigenvalue weighted by Crippen LogP contribution is 2.23. The molecule has 0 unspecified atom stereocenters. The molecule has 4 heteroatoms. The lowest BCUT2D eigenvalue weighted by Crippen LogP contribution is -1.95. The zero-order valence-corrected chi connectivity index (χ0v) is 8.94. The van der Waals surface area contributed by atoms with E-state index in [1.54, 1.807) is 12.4 Å². The maximum Gasteiger partial charge on any atom is 0.162 e. The van der Waals surface area contributed by atoms with Crippen molar-refractivity contribution in [1.82, 2.24) is 4.98 Å². The summed E-state index contributed by atoms with van der Waals surface area (Å²) in [6, 6.07) is 0. The van der Waals surface area contributed by atoms with Gasteiger partial charge in [-0.1, -0.05) is 0 Å². The van der Waals surface area contributed by atoms with Gasteiger partial charge in [0.25, 0.3) is 0 Å². The van der Waals surface area contributed by atoms with Crippen LogP contribution in [0.1, 0.15) is 17.3 Å². The summed E-state index contributed by atoms with van der Waals surface area (Å²) in [6.45, 7) is 1.52. The third kappa shape index (κ3) is 1.87. The molecule has 0 saturated carbocycles. The minimum atomic E-state index is 0.0196. The second kappa shape index (κ2) is 3.45. The molecule has 0 N–H and O–H groups in total. The van der Waals surface area contributed by atoms with Crippen LogP contribution in [0.15, 0.2) is 21.3 Å². The molecule has 2 nitrogen and oxygen atoms in total. The van der Waals surface area contributed by atoms with Crippen LogP contribution in [0, 0.1) is 0 Å². The summed E-state index contributed by atoms with van der Waals surface area (Å²) >= 11 is 6.47. The van der Waals surface area contributed by atoms with Gasteiger partial charge in [0, 0.05) is 26.9 Å². The predicted octanol–water partition coefficient (Wildman–Crippen LogP) is 2.81. The number of aromatic nitrogens is 1. The molecule has 0 aliphatic heterocycles. The molecule has 0 bridgehead atoms. The normalized spacial score (nSPS) is 9.73. The molecule has 0 aliphatic carbocycles. The first-order chi connectivity index (χ1) is 5.13. The fourth-order valence-corrected chi connectivity index (χ4v) is 2.24. The van der Waals surface area contributed by atoms with E-state index in [0.29, 0.717) is 5.56 Å². The second-order valence-electron chi connectivity index (χ2n) is 2.03. The van der Waals surface area contributed by atoms with Crippen molar-refractivity contribution in [3.05, 3.63) is 26.9 Å². The number of Topliss-reactive ketones (excluding diaryl/α,β-unsaturated/α-hetero) is 1. The molecular weight excluding hydrogens is 274 g/mol. The first-order valence-corrected chi connectivity index (χ1v) is 4.51. The van der Waals surface area contributed by atoms with E-state index in [1.807, 2.05) is 0 Å². The minimum absolute atomic E-state index is 0.0196. The first kappa shape index (κ1) is 8.87. The Bertz CT molecular complexity index is 278. The Morgan fingerprint density at radius 1 is 1.36 bits per heavy atom. The summed E-state index contributed by atoms with van der Waals surface area (Å²) in [6.07, 6.45) is 3.20. The average molecular weight is 279 g/mol. The molecule has 0 fully saturated rings. The van der Waals surface area contributed by atoms with Crippen molar-refractivity contribution in [3.8, 4) is 0 Å². The van der Waals surface area contributed by atoms with Crippen molar-refractivity contribution in [3.63, 3.8) is 0 Å². The summed E-state index contributed by atoms with van der Waals surface area (Å²) in [5.41, 5.74) is 0.639. The quantitative estimate of drug-likeness (QED) is 0.740. The molecule has 1 aromatic rings. The molecule has 0 aliphatic rings. The Morgan fingerprint density at radius 2 is 1.82 bits per heavy atom. The van der Waals surface area contributed by atoms with E-state index in [0.717, 1.165) is 8.95 Å². The van der Waals surface area contributed by atoms with Crippen LogP contribution in [0.3, 0.4) is 0 Å². The summed E-state index contributed by atoms with van der Waals surface area (Å²) in [4.78, 5) is 14.9. The number of carbonyl (C=O) groups excluding carboxylic acids is 1. The number of halogens is 2. The van der Waals surface area contributed by atoms with Crippen LogP contribution in [0.2, 0.25) is 0 Å². The van der Waals surface area contributed by atoms with Crippen LogP contribution in [0.4, 0.5) is 0 Å². The Balaban J connectivity index is 3.32. The molecule has 0 aromatic carbocycles. The molecule has 11 heavy (non-hydrogen) atoms. The molecule has 1 rings (SSSR count). The molecule has 0 saturated heterocycles. The molecular formula is C7H5Br2NO. The molecule has 0 spiro atoms. The zero-order valence-electron chi connectivity index (χ0n) is 5.77. The average Bonchev–Trinajstić information content (AvgIpc) is 1.85. The van der Waals surface area contributed by atoms with Crippen molar-refractivity contribution in [1.29, 1.82) is 0 Å². The van der Waals surface area contributed by atoms with E-state index in [1.165, 1.54) is 6.92 Å². The van der Waals surface area contributed by atoms with E-state index >= 15 is 0 Å². The smallest absolute Gasteiger partial charge is 0.162 e. The first-order valence-electron chi connectivity index (χ1n) is 2.93. The van der Waals surface area contributed by atoms with E-state index in [2.05, 4.69) is 36.8 Å². The van der Waals surface area contributed by atoms with Crippen molar-refractivity contribution in [2.24, 2.45) is 0 Å². The summed E-state index contributed by atoms with van der Waals surface area (Å²) in [5, 5.41) is 0. The Hall–Kier alpha value is -0.220. The maximum atomic E-state index is 11.0. The van der Waals surface area contributed by atoms with Crippen LogP contribution in [-0.2, 0) is 0 Å². The molecule has 1 aromatic heterocycles. The number of carbonyl (C=O) groups is 1. The highest BCUT2D eigenvalue weighted by molar-refractivity contribution is 9.11. The zero-order chi connectivity index (χ0) is 8.43. The van der Waals surface area contributed by atoms with Gasteiger partial charge in [0.05, 0.1) is 0 Å². The highest BCUT2D eigenvalue weighted by Gasteiger charge is 2.08. The lowest BCUT2D eigenvalue weighted by molar-refractivity contribution is 0.101. The van der Waals surface area contributed by atoms with Crippen molar-refractivity contribution < 1.29 is 4.79 Å². The lowest BCUT2D eigenvalue weighted by Gasteiger charge is -2.00. The Kier molecular flexibility index (Phi) is 2.78. The van der Waals surface area contributed by atoms with Gasteiger partial charge in [0.1, 0.15) is 0 Å². The number of pyridine rings is 1. The van der Waals surface area contributed by atoms with Crippen molar-refractivity contribution in [2.75, 3.05) is 0 Å². The summed E-state index contributed by atoms with van der Waals surface area (Å²) < 4.78 is 1.44. The Labute approximate surface area is 81.3 Å². The second-order valence-corrected chi connectivity index (χ2v) is 3.74. The third-order valence-corrected chi connectivity index (χ3v) is 2.41. The van der Waals surface area contributed by atoms with Gasteiger partial charge in [0.2, 0.25) is 0 Å². The monoisotopic (exact) mass is 277 g/mol. The molecule has 0 atom stereocenters. The number of nitrogens with zero attached hydrogens (tertiary/aromatic N) is 1. The third-order valence-electron chi connectivity index (χ3n) is 1.21. The SMILES string of the molecule is CC(=O)c1c(Br)cncc1Br. The lowest BCUT2D eigenvalue weighted by atomic mass is 10.2. The van der Waals surface area contributed by atoms with E-state index in [9.17, 15) is 4.79 Å². The fourth-order valence-electron chi connectivity index (χ4n) is 0.748. The van der Waals surface area contributed by atoms with Gasteiger partial charge in [-0.2, -0.15) is 0 Å². The number of rotatable bonds is 1. The Morgan fingerprint density at radius 3 is 2.09 bits per heavy atom. The van der Waals surface area contributed by atoms with Crippen LogP contribution in [0.5, 0.6) is 0 Å². The van der Waals surface area contributed by atoms with E-state index in [4.69, 9.17) is 0 Å². The van der Waals surface area contributed by atoms with Crippen LogP contribution >= 0.6 is 31.9 Å². The fraction of sp³-hybridized carbons (Fsp3) is 0.143. The van der Waals surface area contributed by atoms with Gasteiger partial charge in [-0.05, 0) is 38.8 Å². The van der Waals surface area contributed by atoms with Crippen molar-refractivity contribution in [2.45, 2.75) is 6.92 Å². The molecule has 58 valence electrons. The van der Waals surface area contributed by atoms with Gasteiger partial charge < -0.3 is 0 Å². The van der Waals surface area contributed by atoms with Crippen molar-refractivity contribution >= 4 is 37.6 Å². The van der Waals surface area contributed by atoms with Gasteiger partial charge in [-0.15, -0.1) is 0 Å². The number of hydrogen-bond donors (Lipinski definition) is 0. The van der Waals surface area contributed by atoms with Crippen LogP contribution in [0.25, 0.3) is 0 Å². The summed E-state index contributed by atoms with van der Waals surface area (Å²) in [5.74, 6) is 0.0196. The van der Waals surface area contributed by atoms with Gasteiger partial charge >= 0.3 is 0 Å². The standard InChI is InChI=1S/C7H5Br2NO/c1-4(11)7-5(8)2-10-3-6(7)9/h2-3H,1H3. The predicted molar refractivity (Wildman–Crippen MR) is 49.6 cm³/mol. The highest BCUT2D eigenvalue weighted by atomic mass is 79.9. The number of hydrogen-bond acceptors (Lipinski definition) is 2. The van der Waals surface area contributed by atoms with E-state index < -0.39 is 0 Å². The molecule has 0 radical (unpaired) electrons. The molecule has 0 amide bonds. The van der Waals surface area contributed by atoms with Gasteiger partial charge in [-0.25, -0.2) is 0 Å². The number of ketones is 1. The molecule has 1 heterocycles. The van der Waals surface area contributed by atoms with Crippen LogP contribution < -0.4 is 0 Å². The summed E-state index contributed by atoms with van der Waals surface area (Å²) in [7, 11) is 0. The maximum absolute atomic E-state index is 11.0. The van der Waals surface area contributed by atoms with E-state index in [-0.39, 0.29) is 5.78 Å². The van der Waals surface area contributed by atoms with Gasteiger partial charge in [-0.3, -0.25) is 9.78 Å².